The van der Waals surface area contributed by atoms with Crippen molar-refractivity contribution in [2.75, 3.05) is 0 Å². The molecule has 0 N–H and O–H groups in total. The Hall–Kier alpha value is -1.32. The van der Waals surface area contributed by atoms with Gasteiger partial charge in [0.25, 0.3) is 0 Å². The smallest absolute Gasteiger partial charge is 0.195 e. The summed E-state index contributed by atoms with van der Waals surface area (Å²) in [6.45, 7) is 1.89. The summed E-state index contributed by atoms with van der Waals surface area (Å²) in [5, 5.41) is 17.9. The van der Waals surface area contributed by atoms with E-state index in [9.17, 15) is 0 Å². The van der Waals surface area contributed by atoms with Gasteiger partial charge in [0.1, 0.15) is 11.9 Å². The maximum absolute atomic E-state index is 9.07. The van der Waals surface area contributed by atoms with E-state index in [1.165, 1.54) is 11.8 Å². The topological polar surface area (TPSA) is 54.5 Å². The minimum absolute atomic E-state index is 0.630. The number of hydrogen-bond acceptors (Lipinski definition) is 4. The summed E-state index contributed by atoms with van der Waals surface area (Å²) in [6.07, 6.45) is 0. The van der Waals surface area contributed by atoms with Gasteiger partial charge in [-0.1, -0.05) is 15.9 Å². The predicted molar refractivity (Wildman–Crippen MR) is 68.7 cm³/mol. The van der Waals surface area contributed by atoms with Gasteiger partial charge in [-0.25, -0.2) is 0 Å². The molecule has 1 aromatic heterocycles. The number of aryl methyl sites for hydroxylation is 1. The van der Waals surface area contributed by atoms with Gasteiger partial charge in [0.2, 0.25) is 0 Å². The highest BCUT2D eigenvalue weighted by Gasteiger charge is 2.10. The second-order valence-corrected chi connectivity index (χ2v) is 5.37. The molecule has 0 bridgehead atoms. The molecule has 0 aliphatic carbocycles. The van der Waals surface area contributed by atoms with Gasteiger partial charge in [-0.2, -0.15) is 5.26 Å². The normalized spacial score (nSPS) is 10.2. The zero-order valence-electron chi connectivity index (χ0n) is 9.31. The van der Waals surface area contributed by atoms with Gasteiger partial charge in [0.15, 0.2) is 5.16 Å². The van der Waals surface area contributed by atoms with Crippen LogP contribution in [0.2, 0.25) is 0 Å². The highest BCUT2D eigenvalue weighted by molar-refractivity contribution is 9.10. The summed E-state index contributed by atoms with van der Waals surface area (Å²) >= 11 is 4.79. The summed E-state index contributed by atoms with van der Waals surface area (Å²) in [4.78, 5) is 0.881. The first kappa shape index (κ1) is 12.1. The molecule has 0 radical (unpaired) electrons. The van der Waals surface area contributed by atoms with Gasteiger partial charge in [0, 0.05) is 16.4 Å². The van der Waals surface area contributed by atoms with Crippen LogP contribution in [0.4, 0.5) is 0 Å². The van der Waals surface area contributed by atoms with E-state index in [2.05, 4.69) is 32.2 Å². The maximum atomic E-state index is 9.07. The van der Waals surface area contributed by atoms with Gasteiger partial charge < -0.3 is 4.57 Å². The largest absolute Gasteiger partial charge is 0.309 e. The van der Waals surface area contributed by atoms with Crippen molar-refractivity contribution in [1.82, 2.24) is 14.8 Å². The zero-order valence-corrected chi connectivity index (χ0v) is 11.7. The fourth-order valence-electron chi connectivity index (χ4n) is 1.25. The first-order valence-electron chi connectivity index (χ1n) is 4.85. The third kappa shape index (κ3) is 2.51. The van der Waals surface area contributed by atoms with Crippen molar-refractivity contribution in [2.24, 2.45) is 7.05 Å². The van der Waals surface area contributed by atoms with Crippen molar-refractivity contribution in [2.45, 2.75) is 17.0 Å². The van der Waals surface area contributed by atoms with Crippen molar-refractivity contribution in [3.8, 4) is 6.07 Å². The molecule has 0 spiro atoms. The van der Waals surface area contributed by atoms with Crippen molar-refractivity contribution in [1.29, 1.82) is 5.26 Å². The van der Waals surface area contributed by atoms with Crippen molar-refractivity contribution in [3.63, 3.8) is 0 Å². The second-order valence-electron chi connectivity index (χ2n) is 3.44. The van der Waals surface area contributed by atoms with Gasteiger partial charge in [-0.15, -0.1) is 10.2 Å². The van der Waals surface area contributed by atoms with Crippen LogP contribution < -0.4 is 0 Å². The minimum Gasteiger partial charge on any atom is -0.309 e. The van der Waals surface area contributed by atoms with E-state index in [-0.39, 0.29) is 0 Å². The van der Waals surface area contributed by atoms with E-state index < -0.39 is 0 Å². The molecule has 0 saturated heterocycles. The van der Waals surface area contributed by atoms with Gasteiger partial charge in [-0.3, -0.25) is 0 Å². The highest BCUT2D eigenvalue weighted by Crippen LogP contribution is 2.30. The molecule has 0 amide bonds. The molecule has 4 nitrogen and oxygen atoms in total. The molecule has 2 rings (SSSR count). The molecule has 0 aliphatic heterocycles. The van der Waals surface area contributed by atoms with E-state index in [1.54, 1.807) is 6.07 Å². The summed E-state index contributed by atoms with van der Waals surface area (Å²) < 4.78 is 2.79. The quantitative estimate of drug-likeness (QED) is 0.856. The molecule has 6 heteroatoms. The number of hydrogen-bond donors (Lipinski definition) is 0. The summed E-state index contributed by atoms with van der Waals surface area (Å²) in [6, 6.07) is 7.78. The summed E-state index contributed by atoms with van der Waals surface area (Å²) in [7, 11) is 1.91. The predicted octanol–water partition coefficient (Wildman–Crippen LogP) is 2.91. The summed E-state index contributed by atoms with van der Waals surface area (Å²) in [5.74, 6) is 0.850. The molecule has 0 saturated carbocycles. The maximum Gasteiger partial charge on any atom is 0.195 e. The SMILES string of the molecule is Cc1nnc(Sc2ccc(Br)cc2C#N)n1C. The number of rotatable bonds is 2. The van der Waals surface area contributed by atoms with Crippen LogP contribution in [0, 0.1) is 18.3 Å². The number of halogens is 1. The Bertz CT molecular complexity index is 600. The molecular weight excluding hydrogens is 300 g/mol. The van der Waals surface area contributed by atoms with E-state index in [4.69, 9.17) is 5.26 Å². The van der Waals surface area contributed by atoms with Crippen molar-refractivity contribution >= 4 is 27.7 Å². The molecule has 1 aromatic carbocycles. The lowest BCUT2D eigenvalue weighted by atomic mass is 10.2. The number of nitrogens with zero attached hydrogens (tertiary/aromatic N) is 4. The second kappa shape index (κ2) is 4.90. The van der Waals surface area contributed by atoms with Crippen LogP contribution in [-0.2, 0) is 7.05 Å². The van der Waals surface area contributed by atoms with Crippen LogP contribution >= 0.6 is 27.7 Å². The first-order chi connectivity index (χ1) is 8.11. The fourth-order valence-corrected chi connectivity index (χ4v) is 2.51. The standard InChI is InChI=1S/C11H9BrN4S/c1-7-14-15-11(16(7)2)17-10-4-3-9(12)5-8(10)6-13/h3-5H,1-2H3. The third-order valence-electron chi connectivity index (χ3n) is 2.32. The number of aromatic nitrogens is 3. The Morgan fingerprint density at radius 1 is 1.41 bits per heavy atom. The first-order valence-corrected chi connectivity index (χ1v) is 6.46. The molecule has 2 aromatic rings. The fraction of sp³-hybridized carbons (Fsp3) is 0.182. The van der Waals surface area contributed by atoms with E-state index in [0.29, 0.717) is 5.56 Å². The Balaban J connectivity index is 2.37. The molecule has 0 fully saturated rings. The third-order valence-corrected chi connectivity index (χ3v) is 3.92. The average Bonchev–Trinajstić information content (AvgIpc) is 2.63. The number of benzene rings is 1. The minimum atomic E-state index is 0.630. The van der Waals surface area contributed by atoms with Crippen LogP contribution in [0.1, 0.15) is 11.4 Å². The lowest BCUT2D eigenvalue weighted by Crippen LogP contribution is -1.93. The van der Waals surface area contributed by atoms with Crippen LogP contribution in [0.3, 0.4) is 0 Å². The van der Waals surface area contributed by atoms with Crippen molar-refractivity contribution < 1.29 is 0 Å². The monoisotopic (exact) mass is 308 g/mol. The van der Waals surface area contributed by atoms with E-state index in [0.717, 1.165) is 20.3 Å². The van der Waals surface area contributed by atoms with Crippen LogP contribution in [0.15, 0.2) is 32.7 Å². The highest BCUT2D eigenvalue weighted by atomic mass is 79.9. The van der Waals surface area contributed by atoms with Crippen LogP contribution in [0.25, 0.3) is 0 Å². The Morgan fingerprint density at radius 2 is 2.18 bits per heavy atom. The van der Waals surface area contributed by atoms with Gasteiger partial charge in [-0.05, 0) is 36.9 Å². The summed E-state index contributed by atoms with van der Waals surface area (Å²) in [5.41, 5.74) is 0.630. The molecule has 1 heterocycles. The average molecular weight is 309 g/mol. The molecule has 0 unspecified atom stereocenters. The van der Waals surface area contributed by atoms with Gasteiger partial charge >= 0.3 is 0 Å². The molecule has 0 aliphatic rings. The number of nitriles is 1. The van der Waals surface area contributed by atoms with E-state index >= 15 is 0 Å². The Labute approximate surface area is 112 Å². The molecular formula is C11H9BrN4S. The Kier molecular flexibility index (Phi) is 3.50. The van der Waals surface area contributed by atoms with Gasteiger partial charge in [0.05, 0.1) is 5.56 Å². The molecule has 17 heavy (non-hydrogen) atoms. The molecule has 86 valence electrons. The van der Waals surface area contributed by atoms with E-state index in [1.807, 2.05) is 30.7 Å². The van der Waals surface area contributed by atoms with Crippen molar-refractivity contribution in [3.05, 3.63) is 34.1 Å². The van der Waals surface area contributed by atoms with Crippen LogP contribution in [0.5, 0.6) is 0 Å². The lowest BCUT2D eigenvalue weighted by Gasteiger charge is -2.03. The zero-order chi connectivity index (χ0) is 12.4. The van der Waals surface area contributed by atoms with Crippen LogP contribution in [-0.4, -0.2) is 14.8 Å². The lowest BCUT2D eigenvalue weighted by molar-refractivity contribution is 0.765. The Morgan fingerprint density at radius 3 is 2.76 bits per heavy atom. The molecule has 0 atom stereocenters.